The van der Waals surface area contributed by atoms with Gasteiger partial charge in [-0.1, -0.05) is 84.4 Å². The Morgan fingerprint density at radius 2 is 1.53 bits per heavy atom. The monoisotopic (exact) mass is 550 g/mol. The first-order chi connectivity index (χ1) is 17.4. The fourth-order valence-electron chi connectivity index (χ4n) is 3.83. The molecule has 0 unspecified atom stereocenters. The lowest BCUT2D eigenvalue weighted by Crippen LogP contribution is -2.53. The number of rotatable bonds is 12. The number of carbonyl (C=O) groups is 2. The number of hydrogen-bond acceptors (Lipinski definition) is 3. The maximum atomic E-state index is 13.6. The molecule has 0 heterocycles. The van der Waals surface area contributed by atoms with Crippen LogP contribution in [-0.4, -0.2) is 35.4 Å². The van der Waals surface area contributed by atoms with Crippen LogP contribution in [0.1, 0.15) is 43.9 Å². The van der Waals surface area contributed by atoms with Crippen molar-refractivity contribution in [1.29, 1.82) is 0 Å². The van der Waals surface area contributed by atoms with Crippen LogP contribution in [0.2, 0.25) is 0 Å². The Morgan fingerprint density at radius 3 is 2.14 bits per heavy atom. The van der Waals surface area contributed by atoms with Crippen LogP contribution in [0.3, 0.4) is 0 Å². The molecule has 190 valence electrons. The highest BCUT2D eigenvalue weighted by Gasteiger charge is 2.31. The van der Waals surface area contributed by atoms with E-state index in [-0.39, 0.29) is 24.5 Å². The maximum Gasteiger partial charge on any atom is 0.261 e. The number of benzene rings is 3. The number of hydrogen-bond donors (Lipinski definition) is 1. The first-order valence-electron chi connectivity index (χ1n) is 12.5. The quantitative estimate of drug-likeness (QED) is 0.303. The van der Waals surface area contributed by atoms with Crippen LogP contribution in [0.5, 0.6) is 5.75 Å². The zero-order valence-electron chi connectivity index (χ0n) is 21.2. The maximum absolute atomic E-state index is 13.6. The zero-order valence-corrected chi connectivity index (χ0v) is 22.8. The summed E-state index contributed by atoms with van der Waals surface area (Å²) in [5.41, 5.74) is 3.13. The molecule has 0 bridgehead atoms. The minimum atomic E-state index is -0.677. The average molecular weight is 552 g/mol. The van der Waals surface area contributed by atoms with E-state index in [1.165, 1.54) is 5.56 Å². The van der Waals surface area contributed by atoms with Crippen molar-refractivity contribution in [2.24, 2.45) is 0 Å². The number of carbonyl (C=O) groups excluding carboxylic acids is 2. The Hall–Kier alpha value is -3.12. The molecule has 0 aliphatic carbocycles. The molecule has 5 nitrogen and oxygen atoms in total. The molecule has 1 N–H and O–H groups in total. The smallest absolute Gasteiger partial charge is 0.261 e. The van der Waals surface area contributed by atoms with Crippen LogP contribution in [0.15, 0.2) is 83.3 Å². The first-order valence-corrected chi connectivity index (χ1v) is 13.3. The van der Waals surface area contributed by atoms with Crippen molar-refractivity contribution >= 4 is 27.7 Å². The predicted molar refractivity (Wildman–Crippen MR) is 148 cm³/mol. The molecule has 0 radical (unpaired) electrons. The Bertz CT molecular complexity index is 1100. The lowest BCUT2D eigenvalue weighted by molar-refractivity contribution is -0.143. The zero-order chi connectivity index (χ0) is 25.9. The number of amides is 2. The third kappa shape index (κ3) is 8.23. The van der Waals surface area contributed by atoms with E-state index in [0.717, 1.165) is 28.4 Å². The molecule has 3 aromatic rings. The van der Waals surface area contributed by atoms with E-state index in [9.17, 15) is 9.59 Å². The highest BCUT2D eigenvalue weighted by Crippen LogP contribution is 2.18. The van der Waals surface area contributed by atoms with Crippen molar-refractivity contribution in [3.8, 4) is 5.75 Å². The van der Waals surface area contributed by atoms with Gasteiger partial charge >= 0.3 is 0 Å². The summed E-state index contributed by atoms with van der Waals surface area (Å²) in [6.45, 7) is 6.25. The van der Waals surface area contributed by atoms with Crippen LogP contribution in [0.25, 0.3) is 0 Å². The molecule has 0 aliphatic rings. The number of nitrogens with one attached hydrogen (secondary N) is 1. The standard InChI is InChI=1S/C30H35BrN2O3/c1-4-22(3)32-30(35)28(19-24-9-7-6-8-10-24)33(20-25-11-15-26(31)16-12-25)29(34)21-36-27-17-13-23(5-2)14-18-27/h6-18,22,28H,4-5,19-21H2,1-3H3,(H,32,35)/t22-,28+/m1/s1. The third-order valence-electron chi connectivity index (χ3n) is 6.23. The van der Waals surface area contributed by atoms with Crippen LogP contribution < -0.4 is 10.1 Å². The molecule has 3 aromatic carbocycles. The third-order valence-corrected chi connectivity index (χ3v) is 6.76. The van der Waals surface area contributed by atoms with Crippen molar-refractivity contribution in [2.75, 3.05) is 6.61 Å². The summed E-state index contributed by atoms with van der Waals surface area (Å²) in [7, 11) is 0. The molecule has 3 rings (SSSR count). The largest absolute Gasteiger partial charge is 0.484 e. The van der Waals surface area contributed by atoms with Crippen molar-refractivity contribution in [2.45, 2.75) is 58.7 Å². The van der Waals surface area contributed by atoms with Crippen molar-refractivity contribution in [3.05, 3.63) is 100 Å². The molecule has 0 saturated carbocycles. The van der Waals surface area contributed by atoms with E-state index in [2.05, 4.69) is 28.2 Å². The molecule has 0 aromatic heterocycles. The predicted octanol–water partition coefficient (Wildman–Crippen LogP) is 5.95. The molecule has 0 spiro atoms. The Balaban J connectivity index is 1.88. The van der Waals surface area contributed by atoms with Gasteiger partial charge in [0.1, 0.15) is 11.8 Å². The van der Waals surface area contributed by atoms with Gasteiger partial charge in [-0.15, -0.1) is 0 Å². The minimum absolute atomic E-state index is 0.00809. The highest BCUT2D eigenvalue weighted by atomic mass is 79.9. The second kappa shape index (κ2) is 13.8. The van der Waals surface area contributed by atoms with Crippen molar-refractivity contribution in [3.63, 3.8) is 0 Å². The Labute approximate surface area is 223 Å². The molecular weight excluding hydrogens is 516 g/mol. The van der Waals surface area contributed by atoms with Gasteiger partial charge in [-0.3, -0.25) is 9.59 Å². The Morgan fingerprint density at radius 1 is 0.889 bits per heavy atom. The summed E-state index contributed by atoms with van der Waals surface area (Å²) in [6.07, 6.45) is 2.16. The van der Waals surface area contributed by atoms with Gasteiger partial charge in [0.15, 0.2) is 6.61 Å². The molecular formula is C30H35BrN2O3. The second-order valence-corrected chi connectivity index (χ2v) is 9.87. The fourth-order valence-corrected chi connectivity index (χ4v) is 4.10. The molecule has 2 atom stereocenters. The lowest BCUT2D eigenvalue weighted by Gasteiger charge is -2.32. The first kappa shape index (κ1) is 27.5. The molecule has 0 saturated heterocycles. The Kier molecular flexibility index (Phi) is 10.6. The normalized spacial score (nSPS) is 12.4. The molecule has 0 aliphatic heterocycles. The van der Waals surface area contributed by atoms with Gasteiger partial charge in [-0.2, -0.15) is 0 Å². The van der Waals surface area contributed by atoms with Gasteiger partial charge in [0.2, 0.25) is 5.91 Å². The van der Waals surface area contributed by atoms with Crippen LogP contribution in [-0.2, 0) is 29.0 Å². The number of ether oxygens (including phenoxy) is 1. The number of nitrogens with zero attached hydrogens (tertiary/aromatic N) is 1. The number of aryl methyl sites for hydroxylation is 1. The van der Waals surface area contributed by atoms with E-state index in [4.69, 9.17) is 4.74 Å². The van der Waals surface area contributed by atoms with Gasteiger partial charge in [-0.25, -0.2) is 0 Å². The van der Waals surface area contributed by atoms with E-state index in [0.29, 0.717) is 18.7 Å². The molecule has 2 amide bonds. The van der Waals surface area contributed by atoms with Gasteiger partial charge in [0.25, 0.3) is 5.91 Å². The second-order valence-electron chi connectivity index (χ2n) is 8.96. The summed E-state index contributed by atoms with van der Waals surface area (Å²) >= 11 is 3.47. The van der Waals surface area contributed by atoms with E-state index >= 15 is 0 Å². The summed E-state index contributed by atoms with van der Waals surface area (Å²) in [6, 6.07) is 24.7. The van der Waals surface area contributed by atoms with Crippen molar-refractivity contribution < 1.29 is 14.3 Å². The van der Waals surface area contributed by atoms with Crippen LogP contribution >= 0.6 is 15.9 Å². The molecule has 36 heavy (non-hydrogen) atoms. The molecule has 0 fully saturated rings. The summed E-state index contributed by atoms with van der Waals surface area (Å²) in [5, 5.41) is 3.09. The van der Waals surface area contributed by atoms with Gasteiger partial charge in [0.05, 0.1) is 0 Å². The van der Waals surface area contributed by atoms with E-state index in [1.807, 2.05) is 92.7 Å². The summed E-state index contributed by atoms with van der Waals surface area (Å²) in [5.74, 6) is 0.233. The topological polar surface area (TPSA) is 58.6 Å². The minimum Gasteiger partial charge on any atom is -0.484 e. The fraction of sp³-hybridized carbons (Fsp3) is 0.333. The SMILES string of the molecule is CCc1ccc(OCC(=O)N(Cc2ccc(Br)cc2)[C@@H](Cc2ccccc2)C(=O)N[C@H](C)CC)cc1. The van der Waals surface area contributed by atoms with E-state index in [1.54, 1.807) is 4.90 Å². The summed E-state index contributed by atoms with van der Waals surface area (Å²) in [4.78, 5) is 28.8. The van der Waals surface area contributed by atoms with Gasteiger partial charge in [0, 0.05) is 23.5 Å². The van der Waals surface area contributed by atoms with Gasteiger partial charge in [-0.05, 0) is 60.7 Å². The van der Waals surface area contributed by atoms with Crippen molar-refractivity contribution in [1.82, 2.24) is 10.2 Å². The van der Waals surface area contributed by atoms with Gasteiger partial charge < -0.3 is 15.0 Å². The van der Waals surface area contributed by atoms with Crippen LogP contribution in [0, 0.1) is 0 Å². The summed E-state index contributed by atoms with van der Waals surface area (Å²) < 4.78 is 6.81. The highest BCUT2D eigenvalue weighted by molar-refractivity contribution is 9.10. The lowest BCUT2D eigenvalue weighted by atomic mass is 10.0. The van der Waals surface area contributed by atoms with Crippen LogP contribution in [0.4, 0.5) is 0 Å². The number of halogens is 1. The van der Waals surface area contributed by atoms with E-state index < -0.39 is 6.04 Å². The molecule has 6 heteroatoms. The average Bonchev–Trinajstić information content (AvgIpc) is 2.91.